The van der Waals surface area contributed by atoms with E-state index in [1.165, 1.54) is 6.42 Å². The summed E-state index contributed by atoms with van der Waals surface area (Å²) in [7, 11) is 0. The summed E-state index contributed by atoms with van der Waals surface area (Å²) in [6.07, 6.45) is 5.70. The first-order valence-corrected chi connectivity index (χ1v) is 7.19. The van der Waals surface area contributed by atoms with Crippen LogP contribution in [0.5, 0.6) is 5.75 Å². The highest BCUT2D eigenvalue weighted by Gasteiger charge is 2.27. The van der Waals surface area contributed by atoms with E-state index in [9.17, 15) is 9.90 Å². The largest absolute Gasteiger partial charge is 0.489 e. The van der Waals surface area contributed by atoms with Crippen molar-refractivity contribution < 1.29 is 14.6 Å². The minimum Gasteiger partial charge on any atom is -0.489 e. The normalized spacial score (nSPS) is 23.1. The number of hydrogen-bond acceptors (Lipinski definition) is 2. The second kappa shape index (κ2) is 6.29. The van der Waals surface area contributed by atoms with Crippen molar-refractivity contribution >= 4 is 17.6 Å². The molecule has 0 bridgehead atoms. The molecule has 1 aliphatic carbocycles. The molecule has 2 rings (SSSR count). The van der Waals surface area contributed by atoms with Gasteiger partial charge in [0.15, 0.2) is 0 Å². The third-order valence-corrected chi connectivity index (χ3v) is 4.15. The molecule has 1 aromatic carbocycles. The Labute approximate surface area is 118 Å². The van der Waals surface area contributed by atoms with Crippen molar-refractivity contribution in [3.05, 3.63) is 28.8 Å². The Balaban J connectivity index is 2.22. The molecule has 0 spiro atoms. The van der Waals surface area contributed by atoms with Crippen LogP contribution in [0.1, 0.15) is 49.4 Å². The molecule has 2 unspecified atom stereocenters. The van der Waals surface area contributed by atoms with Crippen LogP contribution in [0.4, 0.5) is 0 Å². The van der Waals surface area contributed by atoms with Crippen LogP contribution in [0.3, 0.4) is 0 Å². The highest BCUT2D eigenvalue weighted by Crippen LogP contribution is 2.33. The molecule has 2 atom stereocenters. The molecular formula is C15H19ClO3. The fourth-order valence-corrected chi connectivity index (χ4v) is 3.02. The number of rotatable bonds is 4. The third-order valence-electron chi connectivity index (χ3n) is 3.83. The molecule has 104 valence electrons. The van der Waals surface area contributed by atoms with Gasteiger partial charge in [-0.1, -0.05) is 31.0 Å². The Morgan fingerprint density at radius 3 is 2.84 bits per heavy atom. The van der Waals surface area contributed by atoms with Crippen molar-refractivity contribution in [2.45, 2.75) is 45.1 Å². The SMILES string of the molecule is CCC1CCCCC1Oc1cccc(Cl)c1C(=O)O. The summed E-state index contributed by atoms with van der Waals surface area (Å²) in [5, 5.41) is 9.47. The summed E-state index contributed by atoms with van der Waals surface area (Å²) in [6.45, 7) is 2.16. The summed E-state index contributed by atoms with van der Waals surface area (Å²) in [5.74, 6) is -0.135. The molecule has 1 aliphatic rings. The predicted molar refractivity (Wildman–Crippen MR) is 75.1 cm³/mol. The fraction of sp³-hybridized carbons (Fsp3) is 0.533. The zero-order valence-electron chi connectivity index (χ0n) is 11.1. The van der Waals surface area contributed by atoms with E-state index in [4.69, 9.17) is 16.3 Å². The summed E-state index contributed by atoms with van der Waals surface area (Å²) in [5.41, 5.74) is 0.0737. The van der Waals surface area contributed by atoms with Gasteiger partial charge in [-0.25, -0.2) is 4.79 Å². The molecule has 0 amide bonds. The minimum atomic E-state index is -1.04. The van der Waals surface area contributed by atoms with Gasteiger partial charge >= 0.3 is 5.97 Å². The Morgan fingerprint density at radius 2 is 2.16 bits per heavy atom. The molecule has 19 heavy (non-hydrogen) atoms. The van der Waals surface area contributed by atoms with Crippen LogP contribution in [0.25, 0.3) is 0 Å². The van der Waals surface area contributed by atoms with E-state index < -0.39 is 5.97 Å². The average Bonchev–Trinajstić information content (AvgIpc) is 2.39. The molecule has 1 aromatic rings. The van der Waals surface area contributed by atoms with E-state index >= 15 is 0 Å². The number of halogens is 1. The maximum absolute atomic E-state index is 11.3. The molecule has 1 N–H and O–H groups in total. The molecule has 0 aliphatic heterocycles. The first-order valence-electron chi connectivity index (χ1n) is 6.82. The number of carbonyl (C=O) groups is 1. The van der Waals surface area contributed by atoms with E-state index in [0.717, 1.165) is 25.7 Å². The van der Waals surface area contributed by atoms with Gasteiger partial charge in [0.25, 0.3) is 0 Å². The van der Waals surface area contributed by atoms with Crippen LogP contribution in [0.15, 0.2) is 18.2 Å². The molecule has 0 aromatic heterocycles. The van der Waals surface area contributed by atoms with Gasteiger partial charge in [-0.05, 0) is 43.7 Å². The van der Waals surface area contributed by atoms with Gasteiger partial charge in [-0.3, -0.25) is 0 Å². The summed E-state index contributed by atoms with van der Waals surface area (Å²) < 4.78 is 5.97. The van der Waals surface area contributed by atoms with Crippen LogP contribution in [-0.4, -0.2) is 17.2 Å². The lowest BCUT2D eigenvalue weighted by molar-refractivity contribution is 0.0664. The molecule has 0 radical (unpaired) electrons. The number of ether oxygens (including phenoxy) is 1. The van der Waals surface area contributed by atoms with Crippen molar-refractivity contribution in [3.8, 4) is 5.75 Å². The number of carboxylic acids is 1. The fourth-order valence-electron chi connectivity index (χ4n) is 2.77. The number of hydrogen-bond donors (Lipinski definition) is 1. The van der Waals surface area contributed by atoms with E-state index in [2.05, 4.69) is 6.92 Å². The summed E-state index contributed by atoms with van der Waals surface area (Å²) in [6, 6.07) is 5.00. The van der Waals surface area contributed by atoms with E-state index in [0.29, 0.717) is 11.7 Å². The van der Waals surface area contributed by atoms with Crippen LogP contribution >= 0.6 is 11.6 Å². The van der Waals surface area contributed by atoms with Gasteiger partial charge in [0, 0.05) is 0 Å². The topological polar surface area (TPSA) is 46.5 Å². The van der Waals surface area contributed by atoms with E-state index in [1.54, 1.807) is 18.2 Å². The first-order chi connectivity index (χ1) is 9.13. The van der Waals surface area contributed by atoms with Crippen LogP contribution in [0.2, 0.25) is 5.02 Å². The molecule has 0 saturated heterocycles. The molecular weight excluding hydrogens is 264 g/mol. The number of benzene rings is 1. The molecule has 1 fully saturated rings. The molecule has 3 nitrogen and oxygen atoms in total. The van der Waals surface area contributed by atoms with Gasteiger partial charge in [0.1, 0.15) is 17.4 Å². The predicted octanol–water partition coefficient (Wildman–Crippen LogP) is 4.39. The first kappa shape index (κ1) is 14.2. The van der Waals surface area contributed by atoms with Crippen LogP contribution in [-0.2, 0) is 0 Å². The number of aromatic carboxylic acids is 1. The second-order valence-electron chi connectivity index (χ2n) is 5.03. The van der Waals surface area contributed by atoms with Crippen LogP contribution in [0, 0.1) is 5.92 Å². The highest BCUT2D eigenvalue weighted by atomic mass is 35.5. The lowest BCUT2D eigenvalue weighted by atomic mass is 9.84. The second-order valence-corrected chi connectivity index (χ2v) is 5.43. The monoisotopic (exact) mass is 282 g/mol. The van der Waals surface area contributed by atoms with E-state index in [-0.39, 0.29) is 16.7 Å². The third kappa shape index (κ3) is 3.21. The highest BCUT2D eigenvalue weighted by molar-refractivity contribution is 6.33. The standard InChI is InChI=1S/C15H19ClO3/c1-2-10-6-3-4-8-12(10)19-13-9-5-7-11(16)14(13)15(17)18/h5,7,9-10,12H,2-4,6,8H2,1H3,(H,17,18). The van der Waals surface area contributed by atoms with Gasteiger partial charge in [0.05, 0.1) is 5.02 Å². The molecule has 1 saturated carbocycles. The quantitative estimate of drug-likeness (QED) is 0.891. The lowest BCUT2D eigenvalue weighted by Gasteiger charge is -2.31. The minimum absolute atomic E-state index is 0.0737. The maximum atomic E-state index is 11.3. The lowest BCUT2D eigenvalue weighted by Crippen LogP contribution is -2.30. The van der Waals surface area contributed by atoms with Crippen molar-refractivity contribution in [1.29, 1.82) is 0 Å². The Morgan fingerprint density at radius 1 is 1.42 bits per heavy atom. The number of carboxylic acid groups (broad SMARTS) is 1. The van der Waals surface area contributed by atoms with Crippen molar-refractivity contribution in [2.75, 3.05) is 0 Å². The van der Waals surface area contributed by atoms with Gasteiger partial charge < -0.3 is 9.84 Å². The average molecular weight is 283 g/mol. The molecule has 4 heteroatoms. The zero-order valence-corrected chi connectivity index (χ0v) is 11.8. The zero-order chi connectivity index (χ0) is 13.8. The van der Waals surface area contributed by atoms with Gasteiger partial charge in [0.2, 0.25) is 0 Å². The Kier molecular flexibility index (Phi) is 4.70. The van der Waals surface area contributed by atoms with Crippen molar-refractivity contribution in [2.24, 2.45) is 5.92 Å². The van der Waals surface area contributed by atoms with Crippen molar-refractivity contribution in [3.63, 3.8) is 0 Å². The van der Waals surface area contributed by atoms with Crippen molar-refractivity contribution in [1.82, 2.24) is 0 Å². The summed E-state index contributed by atoms with van der Waals surface area (Å²) >= 11 is 5.95. The Hall–Kier alpha value is -1.22. The van der Waals surface area contributed by atoms with Gasteiger partial charge in [-0.15, -0.1) is 0 Å². The maximum Gasteiger partial charge on any atom is 0.341 e. The van der Waals surface area contributed by atoms with Crippen LogP contribution < -0.4 is 4.74 Å². The van der Waals surface area contributed by atoms with E-state index in [1.807, 2.05) is 0 Å². The smallest absolute Gasteiger partial charge is 0.341 e. The Bertz CT molecular complexity index is 459. The molecule has 0 heterocycles. The summed E-state index contributed by atoms with van der Waals surface area (Å²) in [4.78, 5) is 11.3. The van der Waals surface area contributed by atoms with Gasteiger partial charge in [-0.2, -0.15) is 0 Å².